The van der Waals surface area contributed by atoms with Gasteiger partial charge in [0, 0.05) is 12.2 Å². The van der Waals surface area contributed by atoms with Gasteiger partial charge in [0.05, 0.1) is 11.6 Å². The molecule has 2 rings (SSSR count). The zero-order chi connectivity index (χ0) is 13.3. The number of amides is 1. The average molecular weight is 273 g/mol. The summed E-state index contributed by atoms with van der Waals surface area (Å²) in [5.41, 5.74) is 0.389. The Balaban J connectivity index is 2.02. The molecule has 1 amide bonds. The lowest BCUT2D eigenvalue weighted by molar-refractivity contribution is -0.146. The Kier molecular flexibility index (Phi) is 3.58. The molecule has 0 aliphatic heterocycles. The lowest BCUT2D eigenvalue weighted by Crippen LogP contribution is -2.37. The van der Waals surface area contributed by atoms with Gasteiger partial charge in [-0.25, -0.2) is 4.79 Å². The maximum absolute atomic E-state index is 11.8. The van der Waals surface area contributed by atoms with Crippen molar-refractivity contribution < 1.29 is 19.8 Å². The maximum Gasteiger partial charge on any atom is 0.334 e. The summed E-state index contributed by atoms with van der Waals surface area (Å²) in [5, 5.41) is 20.4. The van der Waals surface area contributed by atoms with E-state index in [2.05, 4.69) is 5.32 Å². The second kappa shape index (κ2) is 4.99. The molecule has 18 heavy (non-hydrogen) atoms. The van der Waals surface area contributed by atoms with Crippen molar-refractivity contribution in [3.8, 4) is 0 Å². The molecule has 1 aliphatic rings. The first-order chi connectivity index (χ1) is 8.49. The fraction of sp³-hybridized carbons (Fsp3) is 0.455. The number of aromatic nitrogens is 1. The van der Waals surface area contributed by atoms with Gasteiger partial charge in [0.1, 0.15) is 5.69 Å². The molecule has 0 bridgehead atoms. The number of carboxylic acid groups (broad SMARTS) is 1. The minimum atomic E-state index is -1.60. The third-order valence-corrected chi connectivity index (χ3v) is 2.94. The number of carbonyl (C=O) groups is 2. The van der Waals surface area contributed by atoms with Crippen LogP contribution in [-0.4, -0.2) is 39.3 Å². The molecule has 1 unspecified atom stereocenters. The molecule has 1 aromatic heterocycles. The summed E-state index contributed by atoms with van der Waals surface area (Å²) in [7, 11) is 0. The van der Waals surface area contributed by atoms with Gasteiger partial charge in [-0.3, -0.25) is 4.79 Å². The fourth-order valence-corrected chi connectivity index (χ4v) is 1.86. The normalized spacial score (nSPS) is 16.3. The number of aliphatic hydroxyl groups excluding tert-OH is 1. The van der Waals surface area contributed by atoms with Gasteiger partial charge < -0.3 is 20.1 Å². The Morgan fingerprint density at radius 3 is 2.78 bits per heavy atom. The van der Waals surface area contributed by atoms with E-state index < -0.39 is 18.0 Å². The summed E-state index contributed by atoms with van der Waals surface area (Å²) in [6.07, 6.45) is 2.09. The molecule has 1 saturated carbocycles. The topological polar surface area (TPSA) is 91.6 Å². The highest BCUT2D eigenvalue weighted by Crippen LogP contribution is 2.37. The van der Waals surface area contributed by atoms with Crippen molar-refractivity contribution in [2.24, 2.45) is 0 Å². The molecule has 1 fully saturated rings. The van der Waals surface area contributed by atoms with Gasteiger partial charge in [-0.2, -0.15) is 0 Å². The summed E-state index contributed by atoms with van der Waals surface area (Å²) >= 11 is 5.85. The summed E-state index contributed by atoms with van der Waals surface area (Å²) in [6, 6.07) is 1.82. The molecule has 0 radical (unpaired) electrons. The first kappa shape index (κ1) is 12.9. The van der Waals surface area contributed by atoms with Crippen molar-refractivity contribution in [3.63, 3.8) is 0 Å². The van der Waals surface area contributed by atoms with Crippen molar-refractivity contribution in [1.29, 1.82) is 0 Å². The Morgan fingerprint density at radius 1 is 1.56 bits per heavy atom. The molecular weight excluding hydrogens is 260 g/mol. The number of hydrogen-bond acceptors (Lipinski definition) is 3. The Bertz CT molecular complexity index is 481. The zero-order valence-corrected chi connectivity index (χ0v) is 10.2. The molecule has 0 spiro atoms. The van der Waals surface area contributed by atoms with E-state index in [0.29, 0.717) is 16.8 Å². The second-order valence-corrected chi connectivity index (χ2v) is 4.68. The van der Waals surface area contributed by atoms with Crippen molar-refractivity contribution in [2.75, 3.05) is 6.54 Å². The van der Waals surface area contributed by atoms with Crippen LogP contribution in [0.25, 0.3) is 0 Å². The number of carbonyl (C=O) groups excluding carboxylic acids is 1. The van der Waals surface area contributed by atoms with Crippen molar-refractivity contribution in [2.45, 2.75) is 25.0 Å². The van der Waals surface area contributed by atoms with Crippen LogP contribution in [0, 0.1) is 0 Å². The van der Waals surface area contributed by atoms with Crippen LogP contribution < -0.4 is 5.32 Å². The maximum atomic E-state index is 11.8. The number of nitrogens with zero attached hydrogens (tertiary/aromatic N) is 1. The van der Waals surface area contributed by atoms with Crippen molar-refractivity contribution in [1.82, 2.24) is 9.88 Å². The number of aliphatic hydroxyl groups is 1. The molecule has 6 nitrogen and oxygen atoms in total. The van der Waals surface area contributed by atoms with Crippen LogP contribution in [-0.2, 0) is 4.79 Å². The number of rotatable bonds is 5. The Labute approximate surface area is 108 Å². The fourth-order valence-electron chi connectivity index (χ4n) is 1.65. The van der Waals surface area contributed by atoms with Crippen molar-refractivity contribution >= 4 is 23.5 Å². The smallest absolute Gasteiger partial charge is 0.334 e. The lowest BCUT2D eigenvalue weighted by atomic mass is 10.3. The van der Waals surface area contributed by atoms with Crippen LogP contribution in [0.4, 0.5) is 0 Å². The van der Waals surface area contributed by atoms with E-state index in [1.165, 1.54) is 6.07 Å². The molecular formula is C11H13ClN2O4. The van der Waals surface area contributed by atoms with Gasteiger partial charge in [-0.1, -0.05) is 11.6 Å². The first-order valence-electron chi connectivity index (χ1n) is 5.55. The summed E-state index contributed by atoms with van der Waals surface area (Å²) in [5.74, 6) is -1.81. The molecule has 0 saturated heterocycles. The van der Waals surface area contributed by atoms with E-state index in [1.807, 2.05) is 0 Å². The molecule has 1 aliphatic carbocycles. The standard InChI is InChI=1S/C11H13ClN2O4/c12-6-3-8(14(5-6)7-1-2-7)10(16)13-4-9(15)11(17)18/h3,5,7,9,15H,1-2,4H2,(H,13,16)(H,17,18). The van der Waals surface area contributed by atoms with E-state index in [-0.39, 0.29) is 6.54 Å². The molecule has 1 atom stereocenters. The van der Waals surface area contributed by atoms with Crippen LogP contribution in [0.1, 0.15) is 29.4 Å². The number of halogens is 1. The Morgan fingerprint density at radius 2 is 2.22 bits per heavy atom. The summed E-state index contributed by atoms with van der Waals surface area (Å²) in [4.78, 5) is 22.3. The van der Waals surface area contributed by atoms with Gasteiger partial charge in [0.2, 0.25) is 0 Å². The SMILES string of the molecule is O=C(NCC(O)C(=O)O)c1cc(Cl)cn1C1CC1. The molecule has 3 N–H and O–H groups in total. The van der Waals surface area contributed by atoms with Crippen LogP contribution in [0.15, 0.2) is 12.3 Å². The predicted molar refractivity (Wildman–Crippen MR) is 63.7 cm³/mol. The van der Waals surface area contributed by atoms with Crippen LogP contribution >= 0.6 is 11.6 Å². The van der Waals surface area contributed by atoms with Gasteiger partial charge in [-0.15, -0.1) is 0 Å². The molecule has 98 valence electrons. The van der Waals surface area contributed by atoms with E-state index in [4.69, 9.17) is 21.8 Å². The van der Waals surface area contributed by atoms with Crippen LogP contribution in [0.5, 0.6) is 0 Å². The minimum Gasteiger partial charge on any atom is -0.479 e. The third-order valence-electron chi connectivity index (χ3n) is 2.73. The summed E-state index contributed by atoms with van der Waals surface area (Å²) in [6.45, 7) is -0.332. The lowest BCUT2D eigenvalue weighted by Gasteiger charge is -2.10. The van der Waals surface area contributed by atoms with E-state index in [1.54, 1.807) is 10.8 Å². The monoisotopic (exact) mass is 272 g/mol. The van der Waals surface area contributed by atoms with E-state index >= 15 is 0 Å². The van der Waals surface area contributed by atoms with Gasteiger partial charge >= 0.3 is 5.97 Å². The quantitative estimate of drug-likeness (QED) is 0.734. The minimum absolute atomic E-state index is 0.294. The second-order valence-electron chi connectivity index (χ2n) is 4.25. The van der Waals surface area contributed by atoms with E-state index in [9.17, 15) is 9.59 Å². The van der Waals surface area contributed by atoms with Gasteiger partial charge in [-0.05, 0) is 18.9 Å². The molecule has 7 heteroatoms. The van der Waals surface area contributed by atoms with E-state index in [0.717, 1.165) is 12.8 Å². The predicted octanol–water partition coefficient (Wildman–Crippen LogP) is 0.652. The molecule has 1 heterocycles. The Hall–Kier alpha value is -1.53. The van der Waals surface area contributed by atoms with Crippen LogP contribution in [0.2, 0.25) is 5.02 Å². The third kappa shape index (κ3) is 2.83. The van der Waals surface area contributed by atoms with Crippen LogP contribution in [0.3, 0.4) is 0 Å². The number of hydrogen-bond donors (Lipinski definition) is 3. The average Bonchev–Trinajstić information content (AvgIpc) is 3.08. The zero-order valence-electron chi connectivity index (χ0n) is 9.47. The first-order valence-corrected chi connectivity index (χ1v) is 5.93. The van der Waals surface area contributed by atoms with Gasteiger partial charge in [0.15, 0.2) is 6.10 Å². The number of aliphatic carboxylic acids is 1. The number of carboxylic acids is 1. The largest absolute Gasteiger partial charge is 0.479 e. The van der Waals surface area contributed by atoms with Crippen molar-refractivity contribution in [3.05, 3.63) is 23.0 Å². The highest BCUT2D eigenvalue weighted by Gasteiger charge is 2.28. The van der Waals surface area contributed by atoms with Gasteiger partial charge in [0.25, 0.3) is 5.91 Å². The summed E-state index contributed by atoms with van der Waals surface area (Å²) < 4.78 is 1.78. The highest BCUT2D eigenvalue weighted by atomic mass is 35.5. The highest BCUT2D eigenvalue weighted by molar-refractivity contribution is 6.31. The number of nitrogens with one attached hydrogen (secondary N) is 1. The molecule has 1 aromatic rings. The molecule has 0 aromatic carbocycles.